The molecule has 0 bridgehead atoms. The largest absolute Gasteiger partial charge is 0.573 e. The molecule has 0 spiro atoms. The van der Waals surface area contributed by atoms with E-state index in [9.17, 15) is 18.0 Å². The monoisotopic (exact) mass is 702 g/mol. The number of fused-ring (bicyclic) bond motifs is 3. The molecule has 0 radical (unpaired) electrons. The molecule has 51 heavy (non-hydrogen) atoms. The van der Waals surface area contributed by atoms with Gasteiger partial charge in [0.15, 0.2) is 5.75 Å². The van der Waals surface area contributed by atoms with E-state index in [0.29, 0.717) is 36.4 Å². The van der Waals surface area contributed by atoms with Crippen LogP contribution in [-0.2, 0) is 19.2 Å². The highest BCUT2D eigenvalue weighted by atomic mass is 19.4. The summed E-state index contributed by atoms with van der Waals surface area (Å²) in [6.45, 7) is 5.18. The molecule has 11 heteroatoms. The van der Waals surface area contributed by atoms with Gasteiger partial charge in [-0.05, 0) is 101 Å². The minimum absolute atomic E-state index is 0.0125. The molecule has 8 nitrogen and oxygen atoms in total. The van der Waals surface area contributed by atoms with Gasteiger partial charge in [-0.1, -0.05) is 55.5 Å². The number of esters is 1. The van der Waals surface area contributed by atoms with Crippen molar-refractivity contribution in [3.05, 3.63) is 119 Å². The van der Waals surface area contributed by atoms with E-state index in [2.05, 4.69) is 11.7 Å². The highest BCUT2D eigenvalue weighted by molar-refractivity contribution is 5.89. The molecule has 1 aliphatic heterocycles. The Kier molecular flexibility index (Phi) is 11.7. The fourth-order valence-corrected chi connectivity index (χ4v) is 5.54. The molecule has 0 saturated carbocycles. The molecule has 6 rings (SSSR count). The summed E-state index contributed by atoms with van der Waals surface area (Å²) in [5.41, 5.74) is 5.67. The van der Waals surface area contributed by atoms with Crippen LogP contribution in [-0.4, -0.2) is 51.5 Å². The van der Waals surface area contributed by atoms with Crippen LogP contribution in [0.5, 0.6) is 23.0 Å². The lowest BCUT2D eigenvalue weighted by molar-refractivity contribution is -0.274. The smallest absolute Gasteiger partial charge is 0.494 e. The summed E-state index contributed by atoms with van der Waals surface area (Å²) < 4.78 is 62.9. The maximum Gasteiger partial charge on any atom is 0.573 e. The van der Waals surface area contributed by atoms with Gasteiger partial charge < -0.3 is 28.6 Å². The second kappa shape index (κ2) is 16.7. The summed E-state index contributed by atoms with van der Waals surface area (Å²) in [5.74, 6) is 0.820. The maximum atomic E-state index is 12.5. The first kappa shape index (κ1) is 35.7. The summed E-state index contributed by atoms with van der Waals surface area (Å²) >= 11 is 0. The van der Waals surface area contributed by atoms with Gasteiger partial charge in [0.2, 0.25) is 0 Å². The Labute approximate surface area is 293 Å². The van der Waals surface area contributed by atoms with Crippen LogP contribution < -0.4 is 19.1 Å². The standard InChI is InChI=1S/C40H37F3O8/c1-27-37-23-32(49-39(44)19-10-29-8-13-31(14-9-29)50-40(41,42)43)15-17-35(37)36-18-16-33(24-38(27)36)51-48-22-4-5-28-6-11-30(12-7-28)46-21-3-2-20-45-25-34-26-47-34/h4-19,23-24,27,34H,2-3,20-22,25-26H2,1H3/b5-4+,19-10+. The topological polar surface area (TPSA) is 85.0 Å². The van der Waals surface area contributed by atoms with Crippen molar-refractivity contribution in [3.8, 4) is 34.1 Å². The average Bonchev–Trinajstić information content (AvgIpc) is 3.91. The Bertz CT molecular complexity index is 1830. The summed E-state index contributed by atoms with van der Waals surface area (Å²) in [5, 5.41) is 0. The SMILES string of the molecule is CC1c2cc(OOC/C=C/c3ccc(OCCCCOCC4CO4)cc3)ccc2-c2ccc(OC(=O)/C=C/c3ccc(OC(F)(F)F)cc3)cc21. The molecule has 4 aromatic carbocycles. The molecule has 0 amide bonds. The Morgan fingerprint density at radius 3 is 2.10 bits per heavy atom. The molecule has 266 valence electrons. The Morgan fingerprint density at radius 2 is 1.41 bits per heavy atom. The molecule has 2 unspecified atom stereocenters. The van der Waals surface area contributed by atoms with Crippen molar-refractivity contribution in [2.45, 2.75) is 38.1 Å². The van der Waals surface area contributed by atoms with Crippen molar-refractivity contribution < 1.29 is 51.4 Å². The number of carbonyl (C=O) groups excluding carboxylic acids is 1. The molecular formula is C40H37F3O8. The average molecular weight is 703 g/mol. The first-order valence-corrected chi connectivity index (χ1v) is 16.6. The zero-order valence-corrected chi connectivity index (χ0v) is 27.9. The molecule has 1 aliphatic carbocycles. The molecule has 1 fully saturated rings. The van der Waals surface area contributed by atoms with Crippen LogP contribution in [0.15, 0.2) is 97.1 Å². The van der Waals surface area contributed by atoms with Crippen LogP contribution in [0.2, 0.25) is 0 Å². The van der Waals surface area contributed by atoms with Gasteiger partial charge in [0.25, 0.3) is 0 Å². The number of hydrogen-bond donors (Lipinski definition) is 0. The van der Waals surface area contributed by atoms with Crippen LogP contribution in [0.4, 0.5) is 13.2 Å². The Morgan fingerprint density at radius 1 is 0.804 bits per heavy atom. The van der Waals surface area contributed by atoms with E-state index in [1.54, 1.807) is 6.07 Å². The third kappa shape index (κ3) is 10.7. The van der Waals surface area contributed by atoms with E-state index in [0.717, 1.165) is 59.6 Å². The maximum absolute atomic E-state index is 12.5. The fraction of sp³-hybridized carbons (Fsp3) is 0.275. The second-order valence-electron chi connectivity index (χ2n) is 12.0. The predicted octanol–water partition coefficient (Wildman–Crippen LogP) is 8.93. The van der Waals surface area contributed by atoms with E-state index < -0.39 is 12.3 Å². The van der Waals surface area contributed by atoms with E-state index in [4.69, 9.17) is 28.7 Å². The van der Waals surface area contributed by atoms with Gasteiger partial charge >= 0.3 is 12.3 Å². The number of hydrogen-bond acceptors (Lipinski definition) is 8. The lowest BCUT2D eigenvalue weighted by atomic mass is 9.99. The molecule has 2 aliphatic rings. The number of carbonyl (C=O) groups is 1. The van der Waals surface area contributed by atoms with E-state index in [1.165, 1.54) is 36.4 Å². The van der Waals surface area contributed by atoms with Crippen LogP contribution in [0.25, 0.3) is 23.3 Å². The molecule has 1 saturated heterocycles. The van der Waals surface area contributed by atoms with Gasteiger partial charge in [0, 0.05) is 18.6 Å². The molecule has 0 N–H and O–H groups in total. The van der Waals surface area contributed by atoms with Crippen molar-refractivity contribution in [2.75, 3.05) is 33.0 Å². The normalized spacial score (nSPS) is 16.2. The van der Waals surface area contributed by atoms with Crippen molar-refractivity contribution >= 4 is 18.1 Å². The second-order valence-corrected chi connectivity index (χ2v) is 12.0. The first-order valence-electron chi connectivity index (χ1n) is 16.6. The highest BCUT2D eigenvalue weighted by Gasteiger charge is 2.31. The summed E-state index contributed by atoms with van der Waals surface area (Å²) in [7, 11) is 0. The third-order valence-corrected chi connectivity index (χ3v) is 8.18. The number of ether oxygens (including phenoxy) is 5. The number of unbranched alkanes of at least 4 members (excludes halogenated alkanes) is 1. The quantitative estimate of drug-likeness (QED) is 0.0205. The fourth-order valence-electron chi connectivity index (χ4n) is 5.54. The lowest BCUT2D eigenvalue weighted by Gasteiger charge is -2.09. The number of epoxide rings is 1. The number of alkyl halides is 3. The minimum Gasteiger partial charge on any atom is -0.494 e. The van der Waals surface area contributed by atoms with Gasteiger partial charge in [-0.3, -0.25) is 0 Å². The summed E-state index contributed by atoms with van der Waals surface area (Å²) in [6, 6.07) is 24.2. The molecule has 2 atom stereocenters. The lowest BCUT2D eigenvalue weighted by Crippen LogP contribution is -2.16. The number of benzene rings is 4. The van der Waals surface area contributed by atoms with Crippen molar-refractivity contribution in [2.24, 2.45) is 0 Å². The van der Waals surface area contributed by atoms with Gasteiger partial charge in [0.1, 0.15) is 30.0 Å². The number of halogens is 3. The van der Waals surface area contributed by atoms with Crippen molar-refractivity contribution in [3.63, 3.8) is 0 Å². The van der Waals surface area contributed by atoms with E-state index in [1.807, 2.05) is 66.7 Å². The summed E-state index contributed by atoms with van der Waals surface area (Å²) in [4.78, 5) is 23.5. The molecule has 4 aromatic rings. The van der Waals surface area contributed by atoms with Gasteiger partial charge in [-0.25, -0.2) is 4.79 Å². The first-order chi connectivity index (χ1) is 24.7. The zero-order chi connectivity index (χ0) is 35.6. The van der Waals surface area contributed by atoms with Gasteiger partial charge in [-0.2, -0.15) is 4.89 Å². The van der Waals surface area contributed by atoms with Crippen LogP contribution in [0.1, 0.15) is 47.9 Å². The molecule has 0 aromatic heterocycles. The zero-order valence-electron chi connectivity index (χ0n) is 27.9. The minimum atomic E-state index is -4.77. The molecule has 1 heterocycles. The van der Waals surface area contributed by atoms with E-state index >= 15 is 0 Å². The predicted molar refractivity (Wildman–Crippen MR) is 185 cm³/mol. The van der Waals surface area contributed by atoms with Crippen molar-refractivity contribution in [1.29, 1.82) is 0 Å². The Hall–Kier alpha value is -5.10. The van der Waals surface area contributed by atoms with Gasteiger partial charge in [-0.15, -0.1) is 13.2 Å². The van der Waals surface area contributed by atoms with Crippen molar-refractivity contribution in [1.82, 2.24) is 0 Å². The van der Waals surface area contributed by atoms with Gasteiger partial charge in [0.05, 0.1) is 19.8 Å². The van der Waals surface area contributed by atoms with Crippen LogP contribution in [0.3, 0.4) is 0 Å². The Balaban J connectivity index is 0.927. The van der Waals surface area contributed by atoms with E-state index in [-0.39, 0.29) is 18.3 Å². The molecular weight excluding hydrogens is 665 g/mol. The summed E-state index contributed by atoms with van der Waals surface area (Å²) in [6.07, 6.45) is 3.89. The highest BCUT2D eigenvalue weighted by Crippen LogP contribution is 2.47. The van der Waals surface area contributed by atoms with Crippen LogP contribution >= 0.6 is 0 Å². The number of rotatable bonds is 17. The third-order valence-electron chi connectivity index (χ3n) is 8.18. The van der Waals surface area contributed by atoms with Crippen LogP contribution in [0, 0.1) is 0 Å².